The third kappa shape index (κ3) is 4.27. The fourth-order valence-electron chi connectivity index (χ4n) is 2.20. The minimum Gasteiger partial charge on any atom is -0.279 e. The lowest BCUT2D eigenvalue weighted by Gasteiger charge is -2.28. The van der Waals surface area contributed by atoms with Gasteiger partial charge in [0, 0.05) is 22.2 Å². The van der Waals surface area contributed by atoms with Crippen molar-refractivity contribution in [1.29, 1.82) is 0 Å². The number of nitro benzene ring substituents is 1. The molecule has 2 aromatic rings. The molecule has 0 aliphatic rings. The van der Waals surface area contributed by atoms with Gasteiger partial charge < -0.3 is 0 Å². The Kier molecular flexibility index (Phi) is 6.13. The highest BCUT2D eigenvalue weighted by Crippen LogP contribution is 2.32. The second-order valence-corrected chi connectivity index (χ2v) is 8.22. The molecule has 0 spiro atoms. The molecule has 0 aliphatic heterocycles. The molecule has 1 unspecified atom stereocenters. The Balaban J connectivity index is 2.70. The van der Waals surface area contributed by atoms with E-state index in [9.17, 15) is 23.3 Å². The molecule has 7 nitrogen and oxygen atoms in total. The fourth-order valence-corrected chi connectivity index (χ4v) is 4.51. The van der Waals surface area contributed by atoms with Crippen molar-refractivity contribution in [2.24, 2.45) is 0 Å². The smallest absolute Gasteiger partial charge is 0.270 e. The van der Waals surface area contributed by atoms with Gasteiger partial charge in [0.2, 0.25) is 5.24 Å². The van der Waals surface area contributed by atoms with Gasteiger partial charge in [-0.25, -0.2) is 8.42 Å². The van der Waals surface area contributed by atoms with E-state index in [1.54, 1.807) is 0 Å². The first-order chi connectivity index (χ1) is 12.0. The van der Waals surface area contributed by atoms with Crippen molar-refractivity contribution in [3.8, 4) is 0 Å². The summed E-state index contributed by atoms with van der Waals surface area (Å²) in [5, 5.41) is 10.3. The van der Waals surface area contributed by atoms with Crippen LogP contribution in [0.25, 0.3) is 0 Å². The highest BCUT2D eigenvalue weighted by molar-refractivity contribution is 7.93. The molecule has 2 rings (SSSR count). The van der Waals surface area contributed by atoms with Crippen LogP contribution in [-0.4, -0.2) is 24.6 Å². The summed E-state index contributed by atoms with van der Waals surface area (Å²) in [5.74, 6) is 0. The topological polar surface area (TPSA) is 97.6 Å². The predicted molar refractivity (Wildman–Crippen MR) is 99.5 cm³/mol. The minimum atomic E-state index is -4.38. The summed E-state index contributed by atoms with van der Waals surface area (Å²) >= 11 is 17.4. The lowest BCUT2D eigenvalue weighted by atomic mass is 10.3. The van der Waals surface area contributed by atoms with E-state index in [-0.39, 0.29) is 20.6 Å². The number of halogens is 3. The summed E-state index contributed by atoms with van der Waals surface area (Å²) in [6.45, 7) is 1.28. The molecule has 0 saturated heterocycles. The van der Waals surface area contributed by atoms with Gasteiger partial charge in [-0.15, -0.1) is 0 Å². The number of carbonyl (C=O) groups excluding carboxylic acids is 1. The molecule has 0 bridgehead atoms. The van der Waals surface area contributed by atoms with Crippen molar-refractivity contribution in [3.63, 3.8) is 0 Å². The van der Waals surface area contributed by atoms with E-state index in [4.69, 9.17) is 34.8 Å². The number of hydrogen-bond acceptors (Lipinski definition) is 5. The standard InChI is InChI=1S/C15H11Cl3N2O5S/c1-9(15(18)21)19(13-6-10(16)5-11(17)7-13)26(24,25)14-4-2-3-12(8-14)20(22)23/h2-9H,1H3. The molecule has 138 valence electrons. The van der Waals surface area contributed by atoms with Crippen LogP contribution in [0, 0.1) is 10.1 Å². The Morgan fingerprint density at radius 3 is 2.23 bits per heavy atom. The van der Waals surface area contributed by atoms with Crippen molar-refractivity contribution in [1.82, 2.24) is 0 Å². The zero-order chi connectivity index (χ0) is 19.6. The van der Waals surface area contributed by atoms with Crippen molar-refractivity contribution in [2.75, 3.05) is 4.31 Å². The van der Waals surface area contributed by atoms with Crippen molar-refractivity contribution >= 4 is 61.4 Å². The van der Waals surface area contributed by atoms with Gasteiger partial charge in [0.05, 0.1) is 15.5 Å². The van der Waals surface area contributed by atoms with Gasteiger partial charge in [-0.2, -0.15) is 0 Å². The predicted octanol–water partition coefficient (Wildman–Crippen LogP) is 4.25. The zero-order valence-corrected chi connectivity index (χ0v) is 16.2. The second-order valence-electron chi connectivity index (χ2n) is 5.16. The molecule has 0 aliphatic carbocycles. The minimum absolute atomic E-state index is 0.00416. The van der Waals surface area contributed by atoms with Gasteiger partial charge in [0.25, 0.3) is 15.7 Å². The number of non-ortho nitro benzene ring substituents is 1. The molecule has 26 heavy (non-hydrogen) atoms. The number of rotatable bonds is 6. The van der Waals surface area contributed by atoms with Crippen LogP contribution >= 0.6 is 34.8 Å². The maximum Gasteiger partial charge on any atom is 0.270 e. The molecule has 0 saturated carbocycles. The summed E-state index contributed by atoms with van der Waals surface area (Å²) in [6.07, 6.45) is 0. The molecule has 11 heteroatoms. The molecule has 0 aromatic heterocycles. The summed E-state index contributed by atoms with van der Waals surface area (Å²) in [6, 6.07) is 7.09. The Morgan fingerprint density at radius 2 is 1.73 bits per heavy atom. The molecule has 0 N–H and O–H groups in total. The number of hydrogen-bond donors (Lipinski definition) is 0. The number of benzene rings is 2. The van der Waals surface area contributed by atoms with E-state index in [0.717, 1.165) is 16.4 Å². The van der Waals surface area contributed by atoms with Crippen molar-refractivity contribution in [3.05, 3.63) is 62.6 Å². The Labute approximate surface area is 164 Å². The van der Waals surface area contributed by atoms with E-state index in [1.807, 2.05) is 0 Å². The Bertz CT molecular complexity index is 961. The number of nitrogens with zero attached hydrogens (tertiary/aromatic N) is 2. The highest BCUT2D eigenvalue weighted by atomic mass is 35.5. The summed E-state index contributed by atoms with van der Waals surface area (Å²) in [4.78, 5) is 21.5. The van der Waals surface area contributed by atoms with Gasteiger partial charge in [0.1, 0.15) is 6.04 Å². The van der Waals surface area contributed by atoms with Gasteiger partial charge in [-0.3, -0.25) is 19.2 Å². The lowest BCUT2D eigenvalue weighted by Crippen LogP contribution is -2.42. The van der Waals surface area contributed by atoms with Gasteiger partial charge in [-0.05, 0) is 42.8 Å². The molecule has 2 aromatic carbocycles. The largest absolute Gasteiger partial charge is 0.279 e. The van der Waals surface area contributed by atoms with Crippen LogP contribution in [0.3, 0.4) is 0 Å². The summed E-state index contributed by atoms with van der Waals surface area (Å²) in [5.41, 5.74) is -0.421. The molecule has 0 fully saturated rings. The number of carbonyl (C=O) groups is 1. The molecule has 0 amide bonds. The first-order valence-corrected chi connectivity index (χ1v) is 9.56. The fraction of sp³-hybridized carbons (Fsp3) is 0.133. The van der Waals surface area contributed by atoms with E-state index in [0.29, 0.717) is 0 Å². The summed E-state index contributed by atoms with van der Waals surface area (Å²) < 4.78 is 26.9. The van der Waals surface area contributed by atoms with Gasteiger partial charge in [-0.1, -0.05) is 29.3 Å². The van der Waals surface area contributed by atoms with Crippen molar-refractivity contribution in [2.45, 2.75) is 17.9 Å². The summed E-state index contributed by atoms with van der Waals surface area (Å²) in [7, 11) is -4.38. The second kappa shape index (κ2) is 7.79. The van der Waals surface area contributed by atoms with Crippen LogP contribution in [0.1, 0.15) is 6.92 Å². The van der Waals surface area contributed by atoms with E-state index >= 15 is 0 Å². The Hall–Kier alpha value is -1.87. The molecule has 1 atom stereocenters. The van der Waals surface area contributed by atoms with Crippen LogP contribution in [0.5, 0.6) is 0 Å². The number of anilines is 1. The first kappa shape index (κ1) is 20.4. The SMILES string of the molecule is CC(C(=O)Cl)N(c1cc(Cl)cc(Cl)c1)S(=O)(=O)c1cccc([N+](=O)[O-])c1. The number of sulfonamides is 1. The maximum absolute atomic E-state index is 13.1. The number of nitro groups is 1. The third-order valence-electron chi connectivity index (χ3n) is 3.37. The van der Waals surface area contributed by atoms with Gasteiger partial charge >= 0.3 is 0 Å². The zero-order valence-electron chi connectivity index (χ0n) is 13.1. The highest BCUT2D eigenvalue weighted by Gasteiger charge is 2.34. The lowest BCUT2D eigenvalue weighted by molar-refractivity contribution is -0.385. The monoisotopic (exact) mass is 436 g/mol. The first-order valence-electron chi connectivity index (χ1n) is 6.98. The Morgan fingerprint density at radius 1 is 1.15 bits per heavy atom. The molecular formula is C15H11Cl3N2O5S. The normalized spacial score (nSPS) is 12.5. The van der Waals surface area contributed by atoms with E-state index < -0.39 is 31.9 Å². The van der Waals surface area contributed by atoms with Crippen LogP contribution in [-0.2, 0) is 14.8 Å². The maximum atomic E-state index is 13.1. The van der Waals surface area contributed by atoms with E-state index in [2.05, 4.69) is 0 Å². The van der Waals surface area contributed by atoms with Crippen LogP contribution in [0.4, 0.5) is 11.4 Å². The third-order valence-corrected chi connectivity index (χ3v) is 6.01. The van der Waals surface area contributed by atoms with Crippen LogP contribution in [0.15, 0.2) is 47.4 Å². The van der Waals surface area contributed by atoms with Crippen LogP contribution in [0.2, 0.25) is 10.0 Å². The quantitative estimate of drug-likeness (QED) is 0.382. The van der Waals surface area contributed by atoms with Crippen molar-refractivity contribution < 1.29 is 18.1 Å². The van der Waals surface area contributed by atoms with Gasteiger partial charge in [0.15, 0.2) is 0 Å². The van der Waals surface area contributed by atoms with E-state index in [1.165, 1.54) is 37.3 Å². The average Bonchev–Trinajstić information content (AvgIpc) is 2.53. The molecule has 0 heterocycles. The molecular weight excluding hydrogens is 427 g/mol. The molecule has 0 radical (unpaired) electrons. The van der Waals surface area contributed by atoms with Crippen LogP contribution < -0.4 is 4.31 Å². The average molecular weight is 438 g/mol.